The summed E-state index contributed by atoms with van der Waals surface area (Å²) in [6.07, 6.45) is 0.800. The first-order chi connectivity index (χ1) is 5.69. The fourth-order valence-corrected chi connectivity index (χ4v) is 0.691. The normalized spacial score (nSPS) is 12.8. The number of halogens is 1. The van der Waals surface area contributed by atoms with Crippen molar-refractivity contribution in [1.29, 1.82) is 0 Å². The van der Waals surface area contributed by atoms with Crippen LogP contribution in [0.3, 0.4) is 0 Å². The summed E-state index contributed by atoms with van der Waals surface area (Å²) in [6, 6.07) is 0. The molecule has 0 aliphatic rings. The largest absolute Gasteiger partial charge is 0.464 e. The van der Waals surface area contributed by atoms with E-state index in [1.807, 2.05) is 34.6 Å². The molecule has 0 unspecified atom stereocenters. The molecule has 0 aromatic carbocycles. The number of alkyl halides is 1. The van der Waals surface area contributed by atoms with Gasteiger partial charge in [-0.1, -0.05) is 22.9 Å². The molecule has 2 nitrogen and oxygen atoms in total. The van der Waals surface area contributed by atoms with Gasteiger partial charge in [0.1, 0.15) is 6.61 Å². The Morgan fingerprint density at radius 3 is 2.08 bits per heavy atom. The predicted octanol–water partition coefficient (Wildman–Crippen LogP) is 3.14. The minimum absolute atomic E-state index is 0.123. The average molecular weight is 251 g/mol. The molecule has 0 aromatic rings. The van der Waals surface area contributed by atoms with Crippen LogP contribution in [0, 0.1) is 5.41 Å². The second kappa shape index (κ2) is 4.45. The quantitative estimate of drug-likeness (QED) is 0.566. The van der Waals surface area contributed by atoms with Gasteiger partial charge in [-0.05, 0) is 34.1 Å². The molecule has 0 spiro atoms. The standard InChI is InChI=1S/C10H19BrO2/c1-6-9(2,3)8(12)13-7-10(4,5)11/h6-7H2,1-5H3. The topological polar surface area (TPSA) is 26.3 Å². The maximum atomic E-state index is 11.5. The van der Waals surface area contributed by atoms with Gasteiger partial charge in [0.15, 0.2) is 0 Å². The SMILES string of the molecule is CCC(C)(C)C(=O)OCC(C)(C)Br. The summed E-state index contributed by atoms with van der Waals surface area (Å²) >= 11 is 3.42. The van der Waals surface area contributed by atoms with E-state index in [0.29, 0.717) is 6.61 Å². The van der Waals surface area contributed by atoms with Crippen molar-refractivity contribution in [2.45, 2.75) is 45.4 Å². The van der Waals surface area contributed by atoms with Crippen LogP contribution in [0.25, 0.3) is 0 Å². The van der Waals surface area contributed by atoms with Gasteiger partial charge >= 0.3 is 5.97 Å². The van der Waals surface area contributed by atoms with Gasteiger partial charge in [0.25, 0.3) is 0 Å². The van der Waals surface area contributed by atoms with Gasteiger partial charge in [-0.3, -0.25) is 4.79 Å². The first kappa shape index (κ1) is 12.9. The Balaban J connectivity index is 4.03. The highest BCUT2D eigenvalue weighted by Gasteiger charge is 2.28. The zero-order valence-electron chi connectivity index (χ0n) is 9.11. The van der Waals surface area contributed by atoms with E-state index >= 15 is 0 Å². The van der Waals surface area contributed by atoms with E-state index in [0.717, 1.165) is 6.42 Å². The lowest BCUT2D eigenvalue weighted by molar-refractivity contribution is -0.154. The van der Waals surface area contributed by atoms with E-state index in [2.05, 4.69) is 15.9 Å². The van der Waals surface area contributed by atoms with Crippen molar-refractivity contribution in [2.24, 2.45) is 5.41 Å². The third-order valence-electron chi connectivity index (χ3n) is 1.98. The van der Waals surface area contributed by atoms with Gasteiger partial charge in [0.2, 0.25) is 0 Å². The Morgan fingerprint density at radius 2 is 1.77 bits per heavy atom. The second-order valence-corrected chi connectivity index (χ2v) is 6.68. The highest BCUT2D eigenvalue weighted by atomic mass is 79.9. The molecule has 0 N–H and O–H groups in total. The number of ether oxygens (including phenoxy) is 1. The highest BCUT2D eigenvalue weighted by Crippen LogP contribution is 2.23. The summed E-state index contributed by atoms with van der Waals surface area (Å²) in [4.78, 5) is 11.5. The number of carbonyl (C=O) groups excluding carboxylic acids is 1. The van der Waals surface area contributed by atoms with Crippen LogP contribution < -0.4 is 0 Å². The Kier molecular flexibility index (Phi) is 4.43. The van der Waals surface area contributed by atoms with Crippen LogP contribution in [0.1, 0.15) is 41.0 Å². The smallest absolute Gasteiger partial charge is 0.311 e. The van der Waals surface area contributed by atoms with Gasteiger partial charge < -0.3 is 4.74 Å². The Hall–Kier alpha value is -0.0500. The second-order valence-electron chi connectivity index (χ2n) is 4.53. The van der Waals surface area contributed by atoms with E-state index < -0.39 is 0 Å². The van der Waals surface area contributed by atoms with E-state index in [1.165, 1.54) is 0 Å². The molecule has 0 heterocycles. The maximum Gasteiger partial charge on any atom is 0.311 e. The molecular formula is C10H19BrO2. The van der Waals surface area contributed by atoms with Gasteiger partial charge in [0, 0.05) is 0 Å². The van der Waals surface area contributed by atoms with Crippen molar-refractivity contribution >= 4 is 21.9 Å². The summed E-state index contributed by atoms with van der Waals surface area (Å²) in [5.74, 6) is -0.123. The summed E-state index contributed by atoms with van der Waals surface area (Å²) in [5.41, 5.74) is -0.363. The fourth-order valence-electron chi connectivity index (χ4n) is 0.577. The molecule has 0 fully saturated rings. The molecule has 0 bridgehead atoms. The zero-order valence-corrected chi connectivity index (χ0v) is 10.7. The summed E-state index contributed by atoms with van der Waals surface area (Å²) in [5, 5.41) is 0. The molecule has 13 heavy (non-hydrogen) atoms. The van der Waals surface area contributed by atoms with Gasteiger partial charge in [-0.25, -0.2) is 0 Å². The molecule has 3 heteroatoms. The number of hydrogen-bond donors (Lipinski definition) is 0. The van der Waals surface area contributed by atoms with Crippen LogP contribution in [0.2, 0.25) is 0 Å². The Bertz CT molecular complexity index is 180. The molecule has 0 radical (unpaired) electrons. The molecule has 0 rings (SSSR count). The monoisotopic (exact) mass is 250 g/mol. The van der Waals surface area contributed by atoms with Crippen molar-refractivity contribution in [3.8, 4) is 0 Å². The van der Waals surface area contributed by atoms with Crippen molar-refractivity contribution < 1.29 is 9.53 Å². The highest BCUT2D eigenvalue weighted by molar-refractivity contribution is 9.10. The van der Waals surface area contributed by atoms with Crippen LogP contribution in [0.15, 0.2) is 0 Å². The fraction of sp³-hybridized carbons (Fsp3) is 0.900. The van der Waals surface area contributed by atoms with Gasteiger partial charge in [-0.15, -0.1) is 0 Å². The summed E-state index contributed by atoms with van der Waals surface area (Å²) in [7, 11) is 0. The minimum Gasteiger partial charge on any atom is -0.464 e. The van der Waals surface area contributed by atoms with Crippen molar-refractivity contribution in [3.63, 3.8) is 0 Å². The number of hydrogen-bond acceptors (Lipinski definition) is 2. The van der Waals surface area contributed by atoms with Crippen molar-refractivity contribution in [3.05, 3.63) is 0 Å². The summed E-state index contributed by atoms with van der Waals surface area (Å²) in [6.45, 7) is 10.1. The molecule has 78 valence electrons. The Labute approximate surface area is 89.2 Å². The van der Waals surface area contributed by atoms with Gasteiger partial charge in [0.05, 0.1) is 9.74 Å². The number of esters is 1. The molecule has 0 aliphatic carbocycles. The zero-order chi connectivity index (χ0) is 10.7. The molecule has 0 aromatic heterocycles. The molecule has 0 amide bonds. The third-order valence-corrected chi connectivity index (χ3v) is 2.21. The first-order valence-electron chi connectivity index (χ1n) is 4.55. The van der Waals surface area contributed by atoms with Crippen molar-refractivity contribution in [2.75, 3.05) is 6.61 Å². The molecular weight excluding hydrogens is 232 g/mol. The van der Waals surface area contributed by atoms with E-state index in [-0.39, 0.29) is 15.7 Å². The van der Waals surface area contributed by atoms with Gasteiger partial charge in [-0.2, -0.15) is 0 Å². The van der Waals surface area contributed by atoms with Crippen LogP contribution >= 0.6 is 15.9 Å². The lowest BCUT2D eigenvalue weighted by Crippen LogP contribution is -2.30. The molecule has 0 atom stereocenters. The van der Waals surface area contributed by atoms with E-state index in [1.54, 1.807) is 0 Å². The van der Waals surface area contributed by atoms with Crippen LogP contribution in [-0.4, -0.2) is 16.9 Å². The lowest BCUT2D eigenvalue weighted by Gasteiger charge is -2.23. The van der Waals surface area contributed by atoms with E-state index in [4.69, 9.17) is 4.74 Å². The van der Waals surface area contributed by atoms with E-state index in [9.17, 15) is 4.79 Å². The average Bonchev–Trinajstić information content (AvgIpc) is 1.98. The maximum absolute atomic E-state index is 11.5. The Morgan fingerprint density at radius 1 is 1.31 bits per heavy atom. The van der Waals surface area contributed by atoms with Crippen LogP contribution in [-0.2, 0) is 9.53 Å². The molecule has 0 saturated carbocycles. The third kappa shape index (κ3) is 5.29. The van der Waals surface area contributed by atoms with Crippen LogP contribution in [0.5, 0.6) is 0 Å². The molecule has 0 saturated heterocycles. The molecule has 0 aliphatic heterocycles. The lowest BCUT2D eigenvalue weighted by atomic mass is 9.91. The summed E-state index contributed by atoms with van der Waals surface area (Å²) < 4.78 is 5.04. The number of rotatable bonds is 4. The number of carbonyl (C=O) groups is 1. The van der Waals surface area contributed by atoms with Crippen molar-refractivity contribution in [1.82, 2.24) is 0 Å². The predicted molar refractivity (Wildman–Crippen MR) is 58.0 cm³/mol. The first-order valence-corrected chi connectivity index (χ1v) is 5.34. The minimum atomic E-state index is -0.363. The van der Waals surface area contributed by atoms with Crippen LogP contribution in [0.4, 0.5) is 0 Å².